The van der Waals surface area contributed by atoms with E-state index < -0.39 is 0 Å². The fraction of sp³-hybridized carbons (Fsp3) is 0.364. The summed E-state index contributed by atoms with van der Waals surface area (Å²) in [5.74, 6) is 0.569. The minimum absolute atomic E-state index is 0.0180. The molecule has 0 spiro atoms. The van der Waals surface area contributed by atoms with Crippen molar-refractivity contribution in [1.29, 1.82) is 0 Å². The smallest absolute Gasteiger partial charge is 0.227 e. The number of thiazole rings is 1. The van der Waals surface area contributed by atoms with E-state index in [0.29, 0.717) is 5.95 Å². The highest BCUT2D eigenvalue weighted by Gasteiger charge is 2.21. The van der Waals surface area contributed by atoms with E-state index in [9.17, 15) is 4.79 Å². The van der Waals surface area contributed by atoms with Gasteiger partial charge in [0.1, 0.15) is 6.29 Å². The van der Waals surface area contributed by atoms with E-state index in [1.807, 2.05) is 39.0 Å². The van der Waals surface area contributed by atoms with Crippen LogP contribution in [0.15, 0.2) is 36.5 Å². The Labute approximate surface area is 180 Å². The third kappa shape index (κ3) is 4.49. The molecule has 7 nitrogen and oxygen atoms in total. The van der Waals surface area contributed by atoms with Crippen LogP contribution in [0.25, 0.3) is 10.6 Å². The summed E-state index contributed by atoms with van der Waals surface area (Å²) < 4.78 is 0. The van der Waals surface area contributed by atoms with Crippen LogP contribution in [-0.2, 0) is 4.79 Å². The van der Waals surface area contributed by atoms with Crippen LogP contribution in [0, 0.1) is 13.8 Å². The Hall–Kier alpha value is -2.84. The molecule has 0 amide bonds. The predicted octanol–water partition coefficient (Wildman–Crippen LogP) is 3.67. The Balaban J connectivity index is 1.47. The number of piperazine rings is 1. The molecule has 0 aliphatic carbocycles. The lowest BCUT2D eigenvalue weighted by molar-refractivity contribution is -0.112. The van der Waals surface area contributed by atoms with Crippen molar-refractivity contribution in [3.63, 3.8) is 0 Å². The zero-order chi connectivity index (χ0) is 21.1. The molecular weight excluding hydrogens is 396 g/mol. The molecule has 30 heavy (non-hydrogen) atoms. The van der Waals surface area contributed by atoms with Crippen LogP contribution in [0.2, 0.25) is 0 Å². The number of hydrogen-bond acceptors (Lipinski definition) is 8. The summed E-state index contributed by atoms with van der Waals surface area (Å²) in [7, 11) is 0. The number of carbonyl (C=O) groups is 1. The van der Waals surface area contributed by atoms with Gasteiger partial charge in [0.15, 0.2) is 0 Å². The lowest BCUT2D eigenvalue weighted by Crippen LogP contribution is -2.50. The first kappa shape index (κ1) is 20.4. The van der Waals surface area contributed by atoms with Crippen molar-refractivity contribution in [2.45, 2.75) is 26.8 Å². The molecule has 1 N–H and O–H groups in total. The third-order valence-corrected chi connectivity index (χ3v) is 6.44. The molecule has 1 atom stereocenters. The second kappa shape index (κ2) is 8.89. The van der Waals surface area contributed by atoms with Gasteiger partial charge >= 0.3 is 0 Å². The number of nitrogens with zero attached hydrogens (tertiary/aromatic N) is 5. The molecule has 1 aliphatic rings. The van der Waals surface area contributed by atoms with E-state index in [0.717, 1.165) is 65.1 Å². The Morgan fingerprint density at radius 1 is 1.13 bits per heavy atom. The van der Waals surface area contributed by atoms with Crippen LogP contribution in [-0.4, -0.2) is 58.4 Å². The molecule has 8 heteroatoms. The standard InChI is InChI=1S/C22H26N6OS/c1-15(14-29)27-9-11-28(12-10-27)19-6-4-5-18(13-19)25-22-23-8-7-20(26-22)21-16(2)24-17(3)30-21/h4-8,13-15H,9-12H2,1-3H3,(H,23,25,26). The molecule has 2 aromatic heterocycles. The molecule has 1 saturated heterocycles. The van der Waals surface area contributed by atoms with Gasteiger partial charge in [-0.1, -0.05) is 6.07 Å². The zero-order valence-corrected chi connectivity index (χ0v) is 18.3. The van der Waals surface area contributed by atoms with Gasteiger partial charge in [0.25, 0.3) is 0 Å². The summed E-state index contributed by atoms with van der Waals surface area (Å²) in [4.78, 5) is 30.2. The van der Waals surface area contributed by atoms with Gasteiger partial charge in [-0.2, -0.15) is 0 Å². The number of anilines is 3. The van der Waals surface area contributed by atoms with Crippen LogP contribution in [0.4, 0.5) is 17.3 Å². The highest BCUT2D eigenvalue weighted by molar-refractivity contribution is 7.15. The summed E-state index contributed by atoms with van der Waals surface area (Å²) in [6, 6.07) is 10.2. The van der Waals surface area contributed by atoms with E-state index in [1.165, 1.54) is 0 Å². The van der Waals surface area contributed by atoms with Crippen LogP contribution in [0.1, 0.15) is 17.6 Å². The molecule has 1 aromatic carbocycles. The molecule has 156 valence electrons. The van der Waals surface area contributed by atoms with Crippen molar-refractivity contribution in [3.05, 3.63) is 47.2 Å². The van der Waals surface area contributed by atoms with Gasteiger partial charge in [0, 0.05) is 43.8 Å². The molecule has 1 unspecified atom stereocenters. The minimum atomic E-state index is -0.0180. The molecule has 0 radical (unpaired) electrons. The third-order valence-electron chi connectivity index (χ3n) is 5.35. The number of benzene rings is 1. The molecule has 1 fully saturated rings. The van der Waals surface area contributed by atoms with Gasteiger partial charge in [0.05, 0.1) is 27.3 Å². The van der Waals surface area contributed by atoms with Gasteiger partial charge in [-0.3, -0.25) is 4.90 Å². The van der Waals surface area contributed by atoms with Crippen molar-refractivity contribution in [2.75, 3.05) is 36.4 Å². The summed E-state index contributed by atoms with van der Waals surface area (Å²) in [5, 5.41) is 4.37. The first-order valence-electron chi connectivity index (χ1n) is 10.1. The molecule has 4 rings (SSSR count). The van der Waals surface area contributed by atoms with Crippen molar-refractivity contribution in [2.24, 2.45) is 0 Å². The number of nitrogens with one attached hydrogen (secondary N) is 1. The second-order valence-electron chi connectivity index (χ2n) is 7.49. The summed E-state index contributed by atoms with van der Waals surface area (Å²) in [6.45, 7) is 9.54. The maximum absolute atomic E-state index is 11.0. The van der Waals surface area contributed by atoms with Gasteiger partial charge in [0.2, 0.25) is 5.95 Å². The Morgan fingerprint density at radius 2 is 1.93 bits per heavy atom. The number of hydrogen-bond donors (Lipinski definition) is 1. The SMILES string of the molecule is Cc1nc(C)c(-c2ccnc(Nc3cccc(N4CCN(C(C)C=O)CC4)c3)n2)s1. The molecule has 3 aromatic rings. The average molecular weight is 423 g/mol. The van der Waals surface area contributed by atoms with E-state index >= 15 is 0 Å². The fourth-order valence-corrected chi connectivity index (χ4v) is 4.59. The number of aromatic nitrogens is 3. The van der Waals surface area contributed by atoms with Crippen LogP contribution in [0.5, 0.6) is 0 Å². The highest BCUT2D eigenvalue weighted by Crippen LogP contribution is 2.29. The summed E-state index contributed by atoms with van der Waals surface area (Å²) in [5.41, 5.74) is 3.98. The lowest BCUT2D eigenvalue weighted by atomic mass is 10.2. The monoisotopic (exact) mass is 422 g/mol. The first-order valence-corrected chi connectivity index (χ1v) is 10.9. The molecule has 1 aliphatic heterocycles. The van der Waals surface area contributed by atoms with Gasteiger partial charge in [-0.05, 0) is 45.0 Å². The molecular formula is C22H26N6OS. The molecule has 3 heterocycles. The Bertz CT molecular complexity index is 1030. The maximum Gasteiger partial charge on any atom is 0.227 e. The quantitative estimate of drug-likeness (QED) is 0.608. The first-order chi connectivity index (χ1) is 14.5. The lowest BCUT2D eigenvalue weighted by Gasteiger charge is -2.37. The average Bonchev–Trinajstić information content (AvgIpc) is 3.11. The number of carbonyl (C=O) groups excluding carboxylic acids is 1. The van der Waals surface area contributed by atoms with E-state index in [1.54, 1.807) is 17.5 Å². The second-order valence-corrected chi connectivity index (χ2v) is 8.69. The van der Waals surface area contributed by atoms with Crippen LogP contribution >= 0.6 is 11.3 Å². The minimum Gasteiger partial charge on any atom is -0.369 e. The van der Waals surface area contributed by atoms with Crippen molar-refractivity contribution in [3.8, 4) is 10.6 Å². The zero-order valence-electron chi connectivity index (χ0n) is 17.5. The Kier molecular flexibility index (Phi) is 6.06. The maximum atomic E-state index is 11.0. The van der Waals surface area contributed by atoms with E-state index in [2.05, 4.69) is 42.2 Å². The predicted molar refractivity (Wildman–Crippen MR) is 122 cm³/mol. The molecule has 0 bridgehead atoms. The normalized spacial score (nSPS) is 15.8. The van der Waals surface area contributed by atoms with Crippen molar-refractivity contribution < 1.29 is 4.79 Å². The van der Waals surface area contributed by atoms with Gasteiger partial charge < -0.3 is 15.0 Å². The van der Waals surface area contributed by atoms with Crippen LogP contribution < -0.4 is 10.2 Å². The van der Waals surface area contributed by atoms with Gasteiger partial charge in [-0.15, -0.1) is 11.3 Å². The fourth-order valence-electron chi connectivity index (χ4n) is 3.70. The van der Waals surface area contributed by atoms with E-state index in [-0.39, 0.29) is 6.04 Å². The van der Waals surface area contributed by atoms with Crippen molar-refractivity contribution in [1.82, 2.24) is 19.9 Å². The summed E-state index contributed by atoms with van der Waals surface area (Å²) >= 11 is 1.65. The number of aldehydes is 1. The molecule has 0 saturated carbocycles. The number of aryl methyl sites for hydroxylation is 2. The van der Waals surface area contributed by atoms with Crippen LogP contribution in [0.3, 0.4) is 0 Å². The number of rotatable bonds is 6. The van der Waals surface area contributed by atoms with Gasteiger partial charge in [-0.25, -0.2) is 15.0 Å². The van der Waals surface area contributed by atoms with Crippen molar-refractivity contribution >= 4 is 34.9 Å². The summed E-state index contributed by atoms with van der Waals surface area (Å²) in [6.07, 6.45) is 2.79. The Morgan fingerprint density at radius 3 is 2.63 bits per heavy atom. The van der Waals surface area contributed by atoms with E-state index in [4.69, 9.17) is 0 Å². The largest absolute Gasteiger partial charge is 0.369 e. The topological polar surface area (TPSA) is 74.2 Å². The highest BCUT2D eigenvalue weighted by atomic mass is 32.1.